The van der Waals surface area contributed by atoms with E-state index >= 15 is 0 Å². The molecule has 0 saturated carbocycles. The highest BCUT2D eigenvalue weighted by Gasteiger charge is 2.20. The number of rotatable bonds is 6. The van der Waals surface area contributed by atoms with E-state index in [2.05, 4.69) is 205 Å². The minimum absolute atomic E-state index is 0.594. The second-order valence-electron chi connectivity index (χ2n) is 16.2. The molecule has 63 heavy (non-hydrogen) atoms. The molecule has 13 rings (SSSR count). The van der Waals surface area contributed by atoms with E-state index < -0.39 is 0 Å². The van der Waals surface area contributed by atoms with Gasteiger partial charge in [0.15, 0.2) is 11.2 Å². The lowest BCUT2D eigenvalue weighted by molar-refractivity contribution is 0.620. The second kappa shape index (κ2) is 14.0. The first-order valence-corrected chi connectivity index (χ1v) is 21.2. The van der Waals surface area contributed by atoms with Crippen molar-refractivity contribution in [3.05, 3.63) is 212 Å². The summed E-state index contributed by atoms with van der Waals surface area (Å²) in [5, 5.41) is 11.7. The summed E-state index contributed by atoms with van der Waals surface area (Å²) >= 11 is 0. The van der Waals surface area contributed by atoms with Gasteiger partial charge in [-0.05, 0) is 138 Å². The average Bonchev–Trinajstić information content (AvgIpc) is 3.97. The van der Waals surface area contributed by atoms with Gasteiger partial charge >= 0.3 is 0 Å². The Morgan fingerprint density at radius 3 is 1.37 bits per heavy atom. The minimum atomic E-state index is 0.594. The molecule has 0 amide bonds. The second-order valence-corrected chi connectivity index (χ2v) is 16.2. The van der Waals surface area contributed by atoms with Gasteiger partial charge in [-0.3, -0.25) is 0 Å². The molecule has 0 atom stereocenters. The highest BCUT2D eigenvalue weighted by molar-refractivity contribution is 6.10. The zero-order valence-electron chi connectivity index (χ0n) is 33.9. The van der Waals surface area contributed by atoms with Crippen LogP contribution in [0.1, 0.15) is 0 Å². The summed E-state index contributed by atoms with van der Waals surface area (Å²) < 4.78 is 12.9. The van der Waals surface area contributed by atoms with Crippen LogP contribution in [0.5, 0.6) is 0 Å². The Hall–Kier alpha value is -8.54. The fourth-order valence-corrected chi connectivity index (χ4v) is 9.36. The largest absolute Gasteiger partial charge is 0.436 e. The third kappa shape index (κ3) is 5.93. The Morgan fingerprint density at radius 2 is 0.746 bits per heavy atom. The zero-order chi connectivity index (χ0) is 41.4. The molecule has 11 aromatic carbocycles. The molecule has 5 nitrogen and oxygen atoms in total. The van der Waals surface area contributed by atoms with Gasteiger partial charge in [0, 0.05) is 28.2 Å². The summed E-state index contributed by atoms with van der Waals surface area (Å²) in [6, 6.07) is 74.9. The van der Waals surface area contributed by atoms with Crippen LogP contribution < -0.4 is 4.90 Å². The van der Waals surface area contributed by atoms with Crippen LogP contribution in [0.2, 0.25) is 0 Å². The molecule has 0 bridgehead atoms. The predicted octanol–water partition coefficient (Wildman–Crippen LogP) is 16.2. The molecule has 5 heteroatoms. The maximum Gasteiger partial charge on any atom is 0.227 e. The first kappa shape index (κ1) is 35.2. The third-order valence-corrected chi connectivity index (χ3v) is 12.5. The minimum Gasteiger partial charge on any atom is -0.436 e. The summed E-state index contributed by atoms with van der Waals surface area (Å²) in [5.41, 5.74) is 10.2. The van der Waals surface area contributed by atoms with Gasteiger partial charge in [0.05, 0.1) is 0 Å². The first-order valence-electron chi connectivity index (χ1n) is 21.2. The Labute approximate surface area is 361 Å². The number of fused-ring (bicyclic) bond motifs is 8. The summed E-state index contributed by atoms with van der Waals surface area (Å²) in [4.78, 5) is 12.4. The number of aromatic nitrogens is 2. The Kier molecular flexibility index (Phi) is 7.84. The van der Waals surface area contributed by atoms with E-state index in [0.717, 1.165) is 77.3 Å². The van der Waals surface area contributed by atoms with Crippen LogP contribution in [0.4, 0.5) is 17.1 Å². The molecule has 0 fully saturated rings. The van der Waals surface area contributed by atoms with Crippen LogP contribution in [0.15, 0.2) is 221 Å². The molecule has 0 spiro atoms. The molecule has 2 heterocycles. The van der Waals surface area contributed by atoms with Gasteiger partial charge in [-0.25, -0.2) is 9.97 Å². The van der Waals surface area contributed by atoms with Crippen molar-refractivity contribution in [2.75, 3.05) is 4.90 Å². The van der Waals surface area contributed by atoms with Gasteiger partial charge < -0.3 is 13.7 Å². The zero-order valence-corrected chi connectivity index (χ0v) is 33.9. The van der Waals surface area contributed by atoms with Crippen molar-refractivity contribution in [2.24, 2.45) is 0 Å². The van der Waals surface area contributed by atoms with Gasteiger partial charge in [-0.2, -0.15) is 0 Å². The lowest BCUT2D eigenvalue weighted by Gasteiger charge is -2.26. The summed E-state index contributed by atoms with van der Waals surface area (Å²) in [5.74, 6) is 1.19. The monoisotopic (exact) mass is 805 g/mol. The van der Waals surface area contributed by atoms with Crippen molar-refractivity contribution in [3.63, 3.8) is 0 Å². The maximum atomic E-state index is 6.44. The number of hydrogen-bond acceptors (Lipinski definition) is 5. The number of hydrogen-bond donors (Lipinski definition) is 0. The summed E-state index contributed by atoms with van der Waals surface area (Å²) in [7, 11) is 0. The lowest BCUT2D eigenvalue weighted by atomic mass is 9.96. The Balaban J connectivity index is 0.939. The van der Waals surface area contributed by atoms with E-state index in [1.54, 1.807) is 0 Å². The number of nitrogens with zero attached hydrogens (tertiary/aromatic N) is 3. The number of oxazole rings is 2. The van der Waals surface area contributed by atoms with Crippen LogP contribution in [-0.4, -0.2) is 9.97 Å². The first-order chi connectivity index (χ1) is 31.2. The van der Waals surface area contributed by atoms with Crippen molar-refractivity contribution in [2.45, 2.75) is 0 Å². The Morgan fingerprint density at radius 1 is 0.302 bits per heavy atom. The van der Waals surface area contributed by atoms with Gasteiger partial charge in [0.2, 0.25) is 11.8 Å². The maximum absolute atomic E-state index is 6.44. The van der Waals surface area contributed by atoms with Gasteiger partial charge in [0.1, 0.15) is 11.0 Å². The number of anilines is 3. The van der Waals surface area contributed by atoms with Crippen molar-refractivity contribution < 1.29 is 8.83 Å². The van der Waals surface area contributed by atoms with Gasteiger partial charge in [0.25, 0.3) is 0 Å². The van der Waals surface area contributed by atoms with Crippen LogP contribution in [0, 0.1) is 0 Å². The molecular weight excluding hydrogens is 771 g/mol. The van der Waals surface area contributed by atoms with Crippen LogP contribution in [0.3, 0.4) is 0 Å². The topological polar surface area (TPSA) is 55.3 Å². The van der Waals surface area contributed by atoms with Crippen LogP contribution in [0.25, 0.3) is 110 Å². The van der Waals surface area contributed by atoms with Crippen LogP contribution >= 0.6 is 0 Å². The SMILES string of the molecule is c1ccc2cc(-c3ccc4c(ccc5cc(N(c6ccc7oc(-c8cccc9ccccc89)nc7c6)c6ccc7oc(-c8cccc9ccccc89)nc7c6)ccc54)c3)ccc2c1. The van der Waals surface area contributed by atoms with E-state index in [-0.39, 0.29) is 0 Å². The quantitative estimate of drug-likeness (QED) is 0.157. The molecular formula is C58H35N3O2. The molecule has 0 aliphatic heterocycles. The molecule has 0 unspecified atom stereocenters. The van der Waals surface area contributed by atoms with E-state index in [4.69, 9.17) is 18.8 Å². The van der Waals surface area contributed by atoms with E-state index in [1.807, 2.05) is 12.1 Å². The molecule has 0 N–H and O–H groups in total. The summed E-state index contributed by atoms with van der Waals surface area (Å²) in [6.07, 6.45) is 0. The van der Waals surface area contributed by atoms with Gasteiger partial charge in [-0.15, -0.1) is 0 Å². The van der Waals surface area contributed by atoms with Gasteiger partial charge in [-0.1, -0.05) is 140 Å². The smallest absolute Gasteiger partial charge is 0.227 e. The standard InChI is InChI=1S/C58H35N3O2/c1-2-12-39-31-40(20-19-36(39)9-1)41-23-27-49-42(32-41)21-22-43-33-44(24-28-50(43)49)61(45-25-29-55-53(34-45)59-57(62-55)51-17-7-13-37-10-3-5-15-47(37)51)46-26-30-56-54(35-46)60-58(63-56)52-18-8-14-38-11-4-6-16-48(38)52/h1-35H. The highest BCUT2D eigenvalue weighted by Crippen LogP contribution is 2.42. The average molecular weight is 806 g/mol. The molecule has 0 radical (unpaired) electrons. The van der Waals surface area contributed by atoms with E-state index in [1.165, 1.54) is 38.1 Å². The molecule has 0 aliphatic rings. The predicted molar refractivity (Wildman–Crippen MR) is 260 cm³/mol. The molecule has 13 aromatic rings. The Bertz CT molecular complexity index is 3790. The van der Waals surface area contributed by atoms with E-state index in [9.17, 15) is 0 Å². The van der Waals surface area contributed by atoms with Crippen molar-refractivity contribution in [1.29, 1.82) is 0 Å². The molecule has 0 saturated heterocycles. The molecule has 0 aliphatic carbocycles. The molecule has 294 valence electrons. The van der Waals surface area contributed by atoms with Crippen molar-refractivity contribution in [1.82, 2.24) is 9.97 Å². The highest BCUT2D eigenvalue weighted by atomic mass is 16.4. The molecule has 2 aromatic heterocycles. The van der Waals surface area contributed by atoms with E-state index in [0.29, 0.717) is 11.8 Å². The normalized spacial score (nSPS) is 11.8. The summed E-state index contributed by atoms with van der Waals surface area (Å²) in [6.45, 7) is 0. The van der Waals surface area contributed by atoms with Crippen molar-refractivity contribution >= 4 is 93.1 Å². The fourth-order valence-electron chi connectivity index (χ4n) is 9.36. The lowest BCUT2D eigenvalue weighted by Crippen LogP contribution is -2.10. The van der Waals surface area contributed by atoms with Crippen LogP contribution in [-0.2, 0) is 0 Å². The third-order valence-electron chi connectivity index (χ3n) is 12.5. The number of benzene rings is 11. The fraction of sp³-hybridized carbons (Fsp3) is 0. The van der Waals surface area contributed by atoms with Crippen molar-refractivity contribution in [3.8, 4) is 34.0 Å².